The summed E-state index contributed by atoms with van der Waals surface area (Å²) in [6.07, 6.45) is 0.831. The molecule has 0 spiro atoms. The lowest BCUT2D eigenvalue weighted by molar-refractivity contribution is 0.108. The summed E-state index contributed by atoms with van der Waals surface area (Å²) in [5.41, 5.74) is 0.648. The fraction of sp³-hybridized carbons (Fsp3) is 0.500. The lowest BCUT2D eigenvalue weighted by Crippen LogP contribution is -2.03. The van der Waals surface area contributed by atoms with E-state index >= 15 is 0 Å². The predicted octanol–water partition coefficient (Wildman–Crippen LogP) is 4.43. The van der Waals surface area contributed by atoms with Crippen LogP contribution in [0.25, 0.3) is 0 Å². The van der Waals surface area contributed by atoms with E-state index in [1.54, 1.807) is 12.1 Å². The van der Waals surface area contributed by atoms with Gasteiger partial charge in [0, 0.05) is 11.3 Å². The Morgan fingerprint density at radius 2 is 1.89 bits per heavy atom. The van der Waals surface area contributed by atoms with Crippen molar-refractivity contribution in [3.8, 4) is 0 Å². The molecule has 0 aromatic heterocycles. The fourth-order valence-corrected chi connectivity index (χ4v) is 2.40. The fourth-order valence-electron chi connectivity index (χ4n) is 1.54. The molecule has 1 unspecified atom stereocenters. The molecule has 0 heterocycles. The normalized spacial score (nSPS) is 12.3. The Balaban J connectivity index is 2.16. The van der Waals surface area contributed by atoms with Crippen LogP contribution in [0.5, 0.6) is 0 Å². The lowest BCUT2D eigenvalue weighted by atomic mass is 10.1. The number of hydrogen-bond donors (Lipinski definition) is 0. The number of rotatable bonds is 8. The van der Waals surface area contributed by atoms with Crippen molar-refractivity contribution in [2.45, 2.75) is 31.9 Å². The zero-order chi connectivity index (χ0) is 13.2. The quantitative estimate of drug-likeness (QED) is 0.651. The Labute approximate surface area is 111 Å². The first-order chi connectivity index (χ1) is 8.74. The molecule has 0 saturated carbocycles. The van der Waals surface area contributed by atoms with Crippen molar-refractivity contribution in [3.63, 3.8) is 0 Å². The summed E-state index contributed by atoms with van der Waals surface area (Å²) >= 11 is 1.14. The summed E-state index contributed by atoms with van der Waals surface area (Å²) in [6.45, 7) is -0.381. The average Bonchev–Trinajstić information content (AvgIpc) is 2.40. The van der Waals surface area contributed by atoms with Gasteiger partial charge in [-0.3, -0.25) is 9.18 Å². The third-order valence-electron chi connectivity index (χ3n) is 2.57. The summed E-state index contributed by atoms with van der Waals surface area (Å²) < 4.78 is 25.1. The van der Waals surface area contributed by atoms with Crippen LogP contribution in [0.15, 0.2) is 30.3 Å². The lowest BCUT2D eigenvalue weighted by Gasteiger charge is -2.06. The molecule has 0 saturated heterocycles. The van der Waals surface area contributed by atoms with E-state index in [0.717, 1.165) is 11.8 Å². The largest absolute Gasteiger partial charge is 0.282 e. The van der Waals surface area contributed by atoms with Gasteiger partial charge in [-0.05, 0) is 25.7 Å². The van der Waals surface area contributed by atoms with E-state index in [2.05, 4.69) is 0 Å². The molecule has 18 heavy (non-hydrogen) atoms. The second-order valence-electron chi connectivity index (χ2n) is 4.07. The molecule has 100 valence electrons. The number of benzene rings is 1. The van der Waals surface area contributed by atoms with E-state index in [-0.39, 0.29) is 11.8 Å². The summed E-state index contributed by atoms with van der Waals surface area (Å²) in [6, 6.07) is 8.97. The molecule has 1 aromatic rings. The van der Waals surface area contributed by atoms with Gasteiger partial charge in [-0.2, -0.15) is 0 Å². The third-order valence-corrected chi connectivity index (χ3v) is 3.51. The number of alkyl halides is 2. The summed E-state index contributed by atoms with van der Waals surface area (Å²) in [4.78, 5) is 11.7. The SMILES string of the molecule is O=C(SCCC(F)CCCCF)c1ccccc1. The van der Waals surface area contributed by atoms with Crippen LogP contribution in [0.3, 0.4) is 0 Å². The van der Waals surface area contributed by atoms with Crippen molar-refractivity contribution in [3.05, 3.63) is 35.9 Å². The maximum atomic E-state index is 13.3. The predicted molar refractivity (Wildman–Crippen MR) is 72.6 cm³/mol. The summed E-state index contributed by atoms with van der Waals surface area (Å²) in [7, 11) is 0. The van der Waals surface area contributed by atoms with Crippen LogP contribution in [0.1, 0.15) is 36.0 Å². The third kappa shape index (κ3) is 6.15. The van der Waals surface area contributed by atoms with Gasteiger partial charge >= 0.3 is 0 Å². The molecular weight excluding hydrogens is 254 g/mol. The summed E-state index contributed by atoms with van der Waals surface area (Å²) in [5.74, 6) is 0.477. The number of carbonyl (C=O) groups is 1. The van der Waals surface area contributed by atoms with E-state index in [1.807, 2.05) is 18.2 Å². The van der Waals surface area contributed by atoms with Gasteiger partial charge < -0.3 is 0 Å². The number of halogens is 2. The van der Waals surface area contributed by atoms with Gasteiger partial charge in [0.2, 0.25) is 5.12 Å². The van der Waals surface area contributed by atoms with Gasteiger partial charge in [-0.15, -0.1) is 0 Å². The Kier molecular flexibility index (Phi) is 7.65. The molecule has 0 N–H and O–H groups in total. The van der Waals surface area contributed by atoms with Gasteiger partial charge in [-0.1, -0.05) is 42.1 Å². The van der Waals surface area contributed by atoms with E-state index < -0.39 is 6.17 Å². The Bertz CT molecular complexity index is 343. The molecule has 1 rings (SSSR count). The van der Waals surface area contributed by atoms with Crippen molar-refractivity contribution in [2.75, 3.05) is 12.4 Å². The van der Waals surface area contributed by atoms with Crippen LogP contribution < -0.4 is 0 Å². The zero-order valence-corrected chi connectivity index (χ0v) is 11.1. The van der Waals surface area contributed by atoms with Gasteiger partial charge in [-0.25, -0.2) is 4.39 Å². The van der Waals surface area contributed by atoms with Crippen LogP contribution in [0.2, 0.25) is 0 Å². The molecule has 1 atom stereocenters. The van der Waals surface area contributed by atoms with Crippen LogP contribution in [-0.4, -0.2) is 23.7 Å². The first kappa shape index (κ1) is 15.2. The highest BCUT2D eigenvalue weighted by Crippen LogP contribution is 2.17. The molecule has 0 fully saturated rings. The highest BCUT2D eigenvalue weighted by atomic mass is 32.2. The average molecular weight is 272 g/mol. The Morgan fingerprint density at radius 3 is 2.56 bits per heavy atom. The van der Waals surface area contributed by atoms with E-state index in [1.165, 1.54) is 0 Å². The van der Waals surface area contributed by atoms with Crippen molar-refractivity contribution in [1.82, 2.24) is 0 Å². The number of hydrogen-bond acceptors (Lipinski definition) is 2. The number of unbranched alkanes of at least 4 members (excludes halogenated alkanes) is 1. The second kappa shape index (κ2) is 9.09. The summed E-state index contributed by atoms with van der Waals surface area (Å²) in [5, 5.41) is -0.0217. The standard InChI is InChI=1S/C14H18F2OS/c15-10-5-4-8-13(16)9-11-18-14(17)12-6-2-1-3-7-12/h1-3,6-7,13H,4-5,8-11H2. The van der Waals surface area contributed by atoms with Crippen LogP contribution in [0.4, 0.5) is 8.78 Å². The molecule has 1 nitrogen and oxygen atoms in total. The highest BCUT2D eigenvalue weighted by molar-refractivity contribution is 8.14. The van der Waals surface area contributed by atoms with Crippen molar-refractivity contribution < 1.29 is 13.6 Å². The van der Waals surface area contributed by atoms with Gasteiger partial charge in [0.15, 0.2) is 0 Å². The van der Waals surface area contributed by atoms with Gasteiger partial charge in [0.1, 0.15) is 6.17 Å². The molecule has 0 radical (unpaired) electrons. The second-order valence-corrected chi connectivity index (χ2v) is 5.14. The first-order valence-corrected chi connectivity index (χ1v) is 7.15. The van der Waals surface area contributed by atoms with Crippen molar-refractivity contribution in [2.24, 2.45) is 0 Å². The monoisotopic (exact) mass is 272 g/mol. The molecule has 0 amide bonds. The topological polar surface area (TPSA) is 17.1 Å². The zero-order valence-electron chi connectivity index (χ0n) is 10.3. The van der Waals surface area contributed by atoms with Gasteiger partial charge in [0.05, 0.1) is 6.67 Å². The van der Waals surface area contributed by atoms with E-state index in [4.69, 9.17) is 0 Å². The Morgan fingerprint density at radius 1 is 1.17 bits per heavy atom. The minimum atomic E-state index is -0.923. The maximum absolute atomic E-state index is 13.3. The molecule has 0 bridgehead atoms. The highest BCUT2D eigenvalue weighted by Gasteiger charge is 2.09. The maximum Gasteiger partial charge on any atom is 0.219 e. The minimum Gasteiger partial charge on any atom is -0.282 e. The minimum absolute atomic E-state index is 0.0217. The van der Waals surface area contributed by atoms with Crippen LogP contribution in [0, 0.1) is 0 Å². The molecular formula is C14H18F2OS. The molecule has 0 aliphatic carbocycles. The van der Waals surface area contributed by atoms with E-state index in [9.17, 15) is 13.6 Å². The molecule has 0 aliphatic heterocycles. The van der Waals surface area contributed by atoms with Gasteiger partial charge in [0.25, 0.3) is 0 Å². The molecule has 0 aliphatic rings. The van der Waals surface area contributed by atoms with Crippen molar-refractivity contribution in [1.29, 1.82) is 0 Å². The molecule has 4 heteroatoms. The van der Waals surface area contributed by atoms with Crippen LogP contribution >= 0.6 is 11.8 Å². The first-order valence-electron chi connectivity index (χ1n) is 6.16. The smallest absolute Gasteiger partial charge is 0.219 e. The number of thioether (sulfide) groups is 1. The Hall–Kier alpha value is -0.900. The number of carbonyl (C=O) groups excluding carboxylic acids is 1. The van der Waals surface area contributed by atoms with Crippen molar-refractivity contribution >= 4 is 16.9 Å². The molecule has 1 aromatic carbocycles. The van der Waals surface area contributed by atoms with Crippen LogP contribution in [-0.2, 0) is 0 Å². The van der Waals surface area contributed by atoms with E-state index in [0.29, 0.717) is 37.0 Å².